The molecule has 2 N–H and O–H groups in total. The summed E-state index contributed by atoms with van der Waals surface area (Å²) in [7, 11) is 0. The van der Waals surface area contributed by atoms with Crippen LogP contribution in [0.2, 0.25) is 0 Å². The third-order valence-corrected chi connectivity index (χ3v) is 3.33. The quantitative estimate of drug-likeness (QED) is 0.881. The predicted octanol–water partition coefficient (Wildman–Crippen LogP) is 2.39. The van der Waals surface area contributed by atoms with Crippen LogP contribution >= 0.6 is 0 Å². The Balaban J connectivity index is 1.90. The summed E-state index contributed by atoms with van der Waals surface area (Å²) in [6, 6.07) is 0.358. The molecule has 5 heteroatoms. The highest BCUT2D eigenvalue weighted by Gasteiger charge is 2.20. The minimum atomic E-state index is 0.0931. The van der Waals surface area contributed by atoms with Crippen LogP contribution in [0, 0.1) is 6.92 Å². The second-order valence-electron chi connectivity index (χ2n) is 6.54. The Labute approximate surface area is 120 Å². The van der Waals surface area contributed by atoms with Gasteiger partial charge in [-0.25, -0.2) is 0 Å². The lowest BCUT2D eigenvalue weighted by atomic mass is 9.89. The number of nitrogens with one attached hydrogen (secondary N) is 2. The van der Waals surface area contributed by atoms with Gasteiger partial charge >= 0.3 is 0 Å². The van der Waals surface area contributed by atoms with Crippen molar-refractivity contribution in [2.45, 2.75) is 59.2 Å². The van der Waals surface area contributed by atoms with Crippen LogP contribution in [0.1, 0.15) is 44.5 Å². The monoisotopic (exact) mass is 275 g/mol. The first-order chi connectivity index (χ1) is 9.36. The van der Waals surface area contributed by atoms with E-state index >= 15 is 0 Å². The zero-order chi connectivity index (χ0) is 14.8. The Morgan fingerprint density at radius 2 is 2.10 bits per heavy atom. The maximum atomic E-state index is 4.32. The minimum absolute atomic E-state index is 0.0931. The number of hydrogen-bond donors (Lipinski definition) is 2. The van der Waals surface area contributed by atoms with Crippen LogP contribution < -0.4 is 5.32 Å². The molecule has 0 aliphatic heterocycles. The van der Waals surface area contributed by atoms with Crippen LogP contribution in [-0.2, 0) is 18.5 Å². The fraction of sp³-hybridized carbons (Fsp3) is 0.600. The van der Waals surface area contributed by atoms with Crippen molar-refractivity contribution in [2.75, 3.05) is 0 Å². The van der Waals surface area contributed by atoms with Crippen LogP contribution in [0.15, 0.2) is 18.6 Å². The largest absolute Gasteiger partial charge is 0.308 e. The van der Waals surface area contributed by atoms with Gasteiger partial charge in [0.1, 0.15) is 0 Å². The second kappa shape index (κ2) is 5.79. The predicted molar refractivity (Wildman–Crippen MR) is 80.6 cm³/mol. The van der Waals surface area contributed by atoms with E-state index in [1.54, 1.807) is 0 Å². The van der Waals surface area contributed by atoms with E-state index in [0.717, 1.165) is 13.1 Å². The fourth-order valence-corrected chi connectivity index (χ4v) is 2.29. The molecule has 0 fully saturated rings. The van der Waals surface area contributed by atoms with Gasteiger partial charge in [0.25, 0.3) is 0 Å². The van der Waals surface area contributed by atoms with E-state index in [2.05, 4.69) is 61.4 Å². The van der Waals surface area contributed by atoms with Crippen molar-refractivity contribution in [2.24, 2.45) is 0 Å². The highest BCUT2D eigenvalue weighted by atomic mass is 15.3. The Morgan fingerprint density at radius 1 is 1.35 bits per heavy atom. The molecule has 2 rings (SSSR count). The number of aromatic amines is 1. The molecule has 2 heterocycles. The van der Waals surface area contributed by atoms with Crippen molar-refractivity contribution in [1.82, 2.24) is 25.3 Å². The molecule has 0 spiro atoms. The lowest BCUT2D eigenvalue weighted by Gasteiger charge is -2.20. The highest BCUT2D eigenvalue weighted by Crippen LogP contribution is 2.23. The molecule has 0 amide bonds. The van der Waals surface area contributed by atoms with Gasteiger partial charge in [0.05, 0.1) is 18.9 Å². The molecule has 0 radical (unpaired) electrons. The molecular weight excluding hydrogens is 250 g/mol. The van der Waals surface area contributed by atoms with Crippen LogP contribution in [0.5, 0.6) is 0 Å². The number of nitrogens with zero attached hydrogens (tertiary/aromatic N) is 3. The third-order valence-electron chi connectivity index (χ3n) is 3.33. The van der Waals surface area contributed by atoms with E-state index in [4.69, 9.17) is 0 Å². The molecule has 1 atom stereocenters. The summed E-state index contributed by atoms with van der Waals surface area (Å²) in [5.41, 5.74) is 3.73. The molecule has 0 unspecified atom stereocenters. The normalized spacial score (nSPS) is 13.7. The summed E-state index contributed by atoms with van der Waals surface area (Å²) < 4.78 is 1.98. The first-order valence-corrected chi connectivity index (χ1v) is 7.11. The Bertz CT molecular complexity index is 547. The summed E-state index contributed by atoms with van der Waals surface area (Å²) in [4.78, 5) is 0. The Morgan fingerprint density at radius 3 is 2.70 bits per heavy atom. The molecule has 0 aromatic carbocycles. The smallest absolute Gasteiger partial charge is 0.0560 e. The molecule has 5 nitrogen and oxygen atoms in total. The third kappa shape index (κ3) is 3.70. The Kier molecular flexibility index (Phi) is 4.28. The summed E-state index contributed by atoms with van der Waals surface area (Å²) in [5.74, 6) is 0. The topological polar surface area (TPSA) is 58.5 Å². The summed E-state index contributed by atoms with van der Waals surface area (Å²) >= 11 is 0. The SMILES string of the molecule is Cc1cnn(C[C@H](C)NCc2cn[nH]c2C(C)(C)C)c1. The van der Waals surface area contributed by atoms with Crippen LogP contribution in [0.4, 0.5) is 0 Å². The summed E-state index contributed by atoms with van der Waals surface area (Å²) in [5, 5.41) is 15.1. The van der Waals surface area contributed by atoms with Gasteiger partial charge in [0.15, 0.2) is 0 Å². The van der Waals surface area contributed by atoms with E-state index in [9.17, 15) is 0 Å². The second-order valence-corrected chi connectivity index (χ2v) is 6.54. The highest BCUT2D eigenvalue weighted by molar-refractivity contribution is 5.23. The number of aryl methyl sites for hydroxylation is 1. The minimum Gasteiger partial charge on any atom is -0.308 e. The lowest BCUT2D eigenvalue weighted by molar-refractivity contribution is 0.447. The average molecular weight is 275 g/mol. The number of H-pyrrole nitrogens is 1. The van der Waals surface area contributed by atoms with Gasteiger partial charge in [-0.2, -0.15) is 10.2 Å². The van der Waals surface area contributed by atoms with Crippen LogP contribution in [-0.4, -0.2) is 26.0 Å². The van der Waals surface area contributed by atoms with Crippen molar-refractivity contribution in [3.63, 3.8) is 0 Å². The Hall–Kier alpha value is -1.62. The maximum absolute atomic E-state index is 4.32. The van der Waals surface area contributed by atoms with E-state index in [-0.39, 0.29) is 5.41 Å². The first-order valence-electron chi connectivity index (χ1n) is 7.11. The molecular formula is C15H25N5. The number of aromatic nitrogens is 4. The molecule has 2 aromatic heterocycles. The summed E-state index contributed by atoms with van der Waals surface area (Å²) in [6.07, 6.45) is 5.87. The average Bonchev–Trinajstić information content (AvgIpc) is 2.94. The van der Waals surface area contributed by atoms with Crippen molar-refractivity contribution < 1.29 is 0 Å². The van der Waals surface area contributed by atoms with Crippen molar-refractivity contribution in [1.29, 1.82) is 0 Å². The van der Waals surface area contributed by atoms with Crippen LogP contribution in [0.25, 0.3) is 0 Å². The molecule has 0 aliphatic carbocycles. The zero-order valence-corrected chi connectivity index (χ0v) is 13.1. The van der Waals surface area contributed by atoms with Gasteiger partial charge < -0.3 is 5.32 Å². The number of hydrogen-bond acceptors (Lipinski definition) is 3. The van der Waals surface area contributed by atoms with Gasteiger partial charge in [-0.15, -0.1) is 0 Å². The van der Waals surface area contributed by atoms with E-state index < -0.39 is 0 Å². The van der Waals surface area contributed by atoms with E-state index in [0.29, 0.717) is 6.04 Å². The molecule has 20 heavy (non-hydrogen) atoms. The standard InChI is InChI=1S/C15H25N5/c1-11-6-18-20(9-11)10-12(2)16-7-13-8-17-19-14(13)15(3,4)5/h6,8-9,12,16H,7,10H2,1-5H3,(H,17,19)/t12-/m0/s1. The van der Waals surface area contributed by atoms with Gasteiger partial charge in [0.2, 0.25) is 0 Å². The molecule has 0 saturated heterocycles. The molecule has 0 aliphatic rings. The first kappa shape index (κ1) is 14.8. The van der Waals surface area contributed by atoms with Gasteiger partial charge in [-0.05, 0) is 19.4 Å². The van der Waals surface area contributed by atoms with Gasteiger partial charge in [-0.1, -0.05) is 20.8 Å². The zero-order valence-electron chi connectivity index (χ0n) is 13.1. The van der Waals surface area contributed by atoms with E-state index in [1.807, 2.05) is 17.1 Å². The maximum Gasteiger partial charge on any atom is 0.0560 e. The number of rotatable bonds is 5. The van der Waals surface area contributed by atoms with Crippen molar-refractivity contribution in [3.05, 3.63) is 35.4 Å². The van der Waals surface area contributed by atoms with Crippen LogP contribution in [0.3, 0.4) is 0 Å². The summed E-state index contributed by atoms with van der Waals surface area (Å²) in [6.45, 7) is 12.5. The fourth-order valence-electron chi connectivity index (χ4n) is 2.29. The van der Waals surface area contributed by atoms with Gasteiger partial charge in [0, 0.05) is 35.5 Å². The van der Waals surface area contributed by atoms with Gasteiger partial charge in [-0.3, -0.25) is 9.78 Å². The van der Waals surface area contributed by atoms with Crippen molar-refractivity contribution in [3.8, 4) is 0 Å². The van der Waals surface area contributed by atoms with Crippen molar-refractivity contribution >= 4 is 0 Å². The molecule has 110 valence electrons. The lowest BCUT2D eigenvalue weighted by Crippen LogP contribution is -2.31. The van der Waals surface area contributed by atoms with E-state index in [1.165, 1.54) is 16.8 Å². The molecule has 0 bridgehead atoms. The molecule has 2 aromatic rings. The molecule has 0 saturated carbocycles.